The summed E-state index contributed by atoms with van der Waals surface area (Å²) in [5.41, 5.74) is 0. The van der Waals surface area contributed by atoms with Gasteiger partial charge in [-0.1, -0.05) is 11.8 Å². The van der Waals surface area contributed by atoms with Crippen LogP contribution in [0.5, 0.6) is 0 Å². The number of carbonyl (C=O) groups is 2. The molecule has 1 atom stereocenters. The minimum absolute atomic E-state index is 0.0325. The number of alkyl carbamates (subject to hydrolysis) is 1. The normalized spacial score (nSPS) is 17.7. The van der Waals surface area contributed by atoms with Crippen LogP contribution in [0.25, 0.3) is 0 Å². The van der Waals surface area contributed by atoms with E-state index in [1.54, 1.807) is 11.6 Å². The summed E-state index contributed by atoms with van der Waals surface area (Å²) in [7, 11) is 0. The summed E-state index contributed by atoms with van der Waals surface area (Å²) in [5, 5.41) is 14.0. The van der Waals surface area contributed by atoms with Crippen molar-refractivity contribution >= 4 is 23.8 Å². The smallest absolute Gasteiger partial charge is 0.413 e. The van der Waals surface area contributed by atoms with Crippen molar-refractivity contribution in [3.8, 4) is 0 Å². The molecule has 21 heavy (non-hydrogen) atoms. The van der Waals surface area contributed by atoms with Crippen LogP contribution in [0.15, 0.2) is 5.16 Å². The van der Waals surface area contributed by atoms with Crippen molar-refractivity contribution in [3.05, 3.63) is 0 Å². The van der Waals surface area contributed by atoms with E-state index in [4.69, 9.17) is 4.74 Å². The highest BCUT2D eigenvalue weighted by molar-refractivity contribution is 7.99. The van der Waals surface area contributed by atoms with Gasteiger partial charge in [0.25, 0.3) is 0 Å². The number of ether oxygens (including phenoxy) is 2. The molecule has 0 aromatic carbocycles. The second-order valence-electron chi connectivity index (χ2n) is 4.34. The van der Waals surface area contributed by atoms with E-state index in [2.05, 4.69) is 25.6 Å². The molecule has 1 N–H and O–H groups in total. The number of amides is 2. The molecule has 2 heterocycles. The average Bonchev–Trinajstić information content (AvgIpc) is 3.09. The molecule has 10 heteroatoms. The van der Waals surface area contributed by atoms with Crippen molar-refractivity contribution in [2.75, 3.05) is 19.0 Å². The molecule has 0 radical (unpaired) electrons. The van der Waals surface area contributed by atoms with Gasteiger partial charge in [0.05, 0.1) is 25.0 Å². The Morgan fingerprint density at radius 1 is 1.57 bits per heavy atom. The molecule has 1 aliphatic heterocycles. The molecule has 0 unspecified atom stereocenters. The van der Waals surface area contributed by atoms with Gasteiger partial charge in [0.15, 0.2) is 0 Å². The maximum atomic E-state index is 11.5. The fourth-order valence-electron chi connectivity index (χ4n) is 1.84. The van der Waals surface area contributed by atoms with E-state index < -0.39 is 12.0 Å². The summed E-state index contributed by atoms with van der Waals surface area (Å²) in [6, 6.07) is 0. The Morgan fingerprint density at radius 3 is 3.14 bits per heavy atom. The Bertz CT molecular complexity index is 489. The highest BCUT2D eigenvalue weighted by atomic mass is 32.2. The zero-order valence-corrected chi connectivity index (χ0v) is 12.5. The Kier molecular flexibility index (Phi) is 5.93. The summed E-state index contributed by atoms with van der Waals surface area (Å²) in [6.45, 7) is 3.20. The van der Waals surface area contributed by atoms with Gasteiger partial charge in [-0.3, -0.25) is 10.1 Å². The fraction of sp³-hybridized carbons (Fsp3) is 0.727. The molecular weight excluding hydrogens is 298 g/mol. The van der Waals surface area contributed by atoms with Gasteiger partial charge in [-0.05, 0) is 30.2 Å². The predicted octanol–water partition coefficient (Wildman–Crippen LogP) is 0.217. The second kappa shape index (κ2) is 7.93. The lowest BCUT2D eigenvalue weighted by atomic mass is 10.2. The van der Waals surface area contributed by atoms with E-state index in [1.165, 1.54) is 0 Å². The fourth-order valence-corrected chi connectivity index (χ4v) is 2.53. The number of nitrogens with zero attached hydrogens (tertiary/aromatic N) is 4. The van der Waals surface area contributed by atoms with Gasteiger partial charge < -0.3 is 9.47 Å². The predicted molar refractivity (Wildman–Crippen MR) is 72.7 cm³/mol. The van der Waals surface area contributed by atoms with E-state index in [0.29, 0.717) is 11.7 Å². The van der Waals surface area contributed by atoms with E-state index in [0.717, 1.165) is 31.2 Å². The topological polar surface area (TPSA) is 108 Å². The van der Waals surface area contributed by atoms with Gasteiger partial charge in [0.2, 0.25) is 11.1 Å². The number of carbonyl (C=O) groups excluding carboxylic acids is 2. The van der Waals surface area contributed by atoms with E-state index in [9.17, 15) is 9.59 Å². The van der Waals surface area contributed by atoms with Crippen LogP contribution < -0.4 is 5.32 Å². The van der Waals surface area contributed by atoms with Crippen LogP contribution in [-0.4, -0.2) is 57.3 Å². The summed E-state index contributed by atoms with van der Waals surface area (Å²) < 4.78 is 11.7. The number of hydrogen-bond donors (Lipinski definition) is 1. The monoisotopic (exact) mass is 315 g/mol. The van der Waals surface area contributed by atoms with Crippen LogP contribution in [0.4, 0.5) is 4.79 Å². The molecule has 9 nitrogen and oxygen atoms in total. The Labute approximate surface area is 125 Å². The average molecular weight is 315 g/mol. The number of nitrogens with one attached hydrogen (secondary N) is 1. The lowest BCUT2D eigenvalue weighted by Crippen LogP contribution is -2.32. The van der Waals surface area contributed by atoms with Crippen LogP contribution in [0, 0.1) is 0 Å². The van der Waals surface area contributed by atoms with E-state index in [-0.39, 0.29) is 18.5 Å². The zero-order valence-electron chi connectivity index (χ0n) is 11.7. The first kappa shape index (κ1) is 15.7. The largest absolute Gasteiger partial charge is 0.450 e. The van der Waals surface area contributed by atoms with Gasteiger partial charge in [-0.15, -0.1) is 5.10 Å². The van der Waals surface area contributed by atoms with Crippen LogP contribution in [0.1, 0.15) is 19.8 Å². The number of imide groups is 1. The SMILES string of the molecule is CCOC(=O)NC(=O)CSc1nnnn1C[C@H]1CCCO1. The molecule has 1 aromatic rings. The molecule has 0 spiro atoms. The third kappa shape index (κ3) is 4.97. The number of aromatic nitrogens is 4. The quantitative estimate of drug-likeness (QED) is 0.743. The minimum atomic E-state index is -0.748. The maximum absolute atomic E-state index is 11.5. The molecule has 2 rings (SSSR count). The highest BCUT2D eigenvalue weighted by Crippen LogP contribution is 2.18. The third-order valence-electron chi connectivity index (χ3n) is 2.75. The molecular formula is C11H17N5O4S. The van der Waals surface area contributed by atoms with Crippen molar-refractivity contribution < 1.29 is 19.1 Å². The maximum Gasteiger partial charge on any atom is 0.413 e. The van der Waals surface area contributed by atoms with Gasteiger partial charge >= 0.3 is 6.09 Å². The molecule has 0 aliphatic carbocycles. The lowest BCUT2D eigenvalue weighted by molar-refractivity contribution is -0.117. The van der Waals surface area contributed by atoms with Crippen molar-refractivity contribution in [1.82, 2.24) is 25.5 Å². The van der Waals surface area contributed by atoms with Crippen LogP contribution >= 0.6 is 11.8 Å². The standard InChI is InChI=1S/C11H17N5O4S/c1-2-19-11(18)12-9(17)7-21-10-13-14-15-16(10)6-8-4-3-5-20-8/h8H,2-7H2,1H3,(H,12,17,18)/t8-/m1/s1. The number of rotatable bonds is 6. The molecule has 1 aliphatic rings. The van der Waals surface area contributed by atoms with Crippen LogP contribution in [0.3, 0.4) is 0 Å². The van der Waals surface area contributed by atoms with E-state index in [1.807, 2.05) is 0 Å². The van der Waals surface area contributed by atoms with E-state index >= 15 is 0 Å². The third-order valence-corrected chi connectivity index (χ3v) is 3.71. The molecule has 2 amide bonds. The molecule has 0 bridgehead atoms. The van der Waals surface area contributed by atoms with Gasteiger partial charge in [0, 0.05) is 6.61 Å². The summed E-state index contributed by atoms with van der Waals surface area (Å²) in [5.74, 6) is -0.421. The first-order valence-electron chi connectivity index (χ1n) is 6.66. The number of thioether (sulfide) groups is 1. The lowest BCUT2D eigenvalue weighted by Gasteiger charge is -2.09. The Balaban J connectivity index is 1.79. The van der Waals surface area contributed by atoms with Crippen LogP contribution in [-0.2, 0) is 20.8 Å². The van der Waals surface area contributed by atoms with Crippen molar-refractivity contribution in [1.29, 1.82) is 0 Å². The van der Waals surface area contributed by atoms with Gasteiger partial charge in [-0.2, -0.15) is 0 Å². The first-order valence-corrected chi connectivity index (χ1v) is 7.64. The van der Waals surface area contributed by atoms with Crippen LogP contribution in [0.2, 0.25) is 0 Å². The molecule has 1 aromatic heterocycles. The molecule has 1 saturated heterocycles. The summed E-state index contributed by atoms with van der Waals surface area (Å²) in [6.07, 6.45) is 1.38. The Morgan fingerprint density at radius 2 is 2.43 bits per heavy atom. The minimum Gasteiger partial charge on any atom is -0.450 e. The first-order chi connectivity index (χ1) is 10.2. The number of hydrogen-bond acceptors (Lipinski definition) is 8. The second-order valence-corrected chi connectivity index (χ2v) is 5.28. The summed E-state index contributed by atoms with van der Waals surface area (Å²) in [4.78, 5) is 22.6. The molecule has 1 fully saturated rings. The Hall–Kier alpha value is -1.68. The molecule has 116 valence electrons. The number of tetrazole rings is 1. The molecule has 0 saturated carbocycles. The summed E-state index contributed by atoms with van der Waals surface area (Å²) >= 11 is 1.16. The van der Waals surface area contributed by atoms with Crippen molar-refractivity contribution in [2.45, 2.75) is 37.6 Å². The zero-order chi connectivity index (χ0) is 15.1. The highest BCUT2D eigenvalue weighted by Gasteiger charge is 2.19. The van der Waals surface area contributed by atoms with Gasteiger partial charge in [0.1, 0.15) is 0 Å². The van der Waals surface area contributed by atoms with Crippen molar-refractivity contribution in [2.24, 2.45) is 0 Å². The van der Waals surface area contributed by atoms with Crippen molar-refractivity contribution in [3.63, 3.8) is 0 Å². The van der Waals surface area contributed by atoms with Gasteiger partial charge in [-0.25, -0.2) is 9.48 Å².